The zero-order chi connectivity index (χ0) is 11.3. The van der Waals surface area contributed by atoms with Gasteiger partial charge >= 0.3 is 0 Å². The van der Waals surface area contributed by atoms with E-state index in [2.05, 4.69) is 26.1 Å². The third-order valence-corrected chi connectivity index (χ3v) is 5.91. The molecule has 0 heterocycles. The van der Waals surface area contributed by atoms with Gasteiger partial charge in [-0.15, -0.1) is 0 Å². The Bertz CT molecular complexity index is 246. The van der Waals surface area contributed by atoms with Crippen LogP contribution in [0.2, 0.25) is 0 Å². The van der Waals surface area contributed by atoms with Crippen LogP contribution in [0.1, 0.15) is 46.5 Å². The van der Waals surface area contributed by atoms with E-state index in [0.29, 0.717) is 0 Å². The van der Waals surface area contributed by atoms with Gasteiger partial charge in [-0.1, -0.05) is 27.2 Å². The summed E-state index contributed by atoms with van der Waals surface area (Å²) in [6.07, 6.45) is 6.04. The summed E-state index contributed by atoms with van der Waals surface area (Å²) < 4.78 is 0. The molecule has 6 unspecified atom stereocenters. The van der Waals surface area contributed by atoms with E-state index >= 15 is 0 Å². The van der Waals surface area contributed by atoms with Crippen LogP contribution in [-0.2, 0) is 0 Å². The van der Waals surface area contributed by atoms with Crippen LogP contribution in [0.4, 0.5) is 0 Å². The summed E-state index contributed by atoms with van der Waals surface area (Å²) in [5.41, 5.74) is 0. The fourth-order valence-corrected chi connectivity index (χ4v) is 5.08. The predicted octanol–water partition coefficient (Wildman–Crippen LogP) is 3.30. The van der Waals surface area contributed by atoms with Crippen LogP contribution in [-0.4, -0.2) is 12.6 Å². The fraction of sp³-hybridized carbons (Fsp3) is 1.00. The van der Waals surface area contributed by atoms with Gasteiger partial charge in [-0.3, -0.25) is 0 Å². The summed E-state index contributed by atoms with van der Waals surface area (Å²) in [7, 11) is 0. The molecular weight excluding hydrogens is 194 g/mol. The predicted molar refractivity (Wildman–Crippen MR) is 68.2 cm³/mol. The molecule has 0 aliphatic heterocycles. The zero-order valence-electron chi connectivity index (χ0n) is 11.1. The van der Waals surface area contributed by atoms with Crippen molar-refractivity contribution >= 4 is 0 Å². The third-order valence-electron chi connectivity index (χ3n) is 5.91. The van der Waals surface area contributed by atoms with Gasteiger partial charge in [0.1, 0.15) is 0 Å². The second-order valence-electron chi connectivity index (χ2n) is 6.53. The van der Waals surface area contributed by atoms with Crippen molar-refractivity contribution in [2.75, 3.05) is 6.54 Å². The molecule has 3 aliphatic rings. The molecule has 3 fully saturated rings. The first-order chi connectivity index (χ1) is 7.77. The van der Waals surface area contributed by atoms with E-state index < -0.39 is 0 Å². The molecule has 0 aromatic heterocycles. The van der Waals surface area contributed by atoms with Gasteiger partial charge in [-0.25, -0.2) is 0 Å². The quantitative estimate of drug-likeness (QED) is 0.751. The molecule has 0 aromatic rings. The average Bonchev–Trinajstić information content (AvgIpc) is 2.71. The molecule has 3 aliphatic carbocycles. The van der Waals surface area contributed by atoms with E-state index in [0.717, 1.165) is 48.1 Å². The van der Waals surface area contributed by atoms with Crippen LogP contribution >= 0.6 is 0 Å². The summed E-state index contributed by atoms with van der Waals surface area (Å²) in [5.74, 6) is 6.46. The number of hydrogen-bond acceptors (Lipinski definition) is 1. The van der Waals surface area contributed by atoms with Gasteiger partial charge in [0.25, 0.3) is 0 Å². The highest BCUT2D eigenvalue weighted by molar-refractivity contribution is 5.16. The Morgan fingerprint density at radius 1 is 1.12 bits per heavy atom. The lowest BCUT2D eigenvalue weighted by molar-refractivity contribution is 0.286. The number of nitrogens with one attached hydrogen (secondary N) is 1. The summed E-state index contributed by atoms with van der Waals surface area (Å²) in [6, 6.07) is 0.827. The van der Waals surface area contributed by atoms with E-state index in [1.54, 1.807) is 19.3 Å². The lowest BCUT2D eigenvalue weighted by Crippen LogP contribution is -2.38. The van der Waals surface area contributed by atoms with Crippen molar-refractivity contribution in [1.82, 2.24) is 5.32 Å². The Labute approximate surface area is 100 Å². The van der Waals surface area contributed by atoms with Crippen LogP contribution in [0, 0.1) is 35.5 Å². The minimum Gasteiger partial charge on any atom is -0.314 e. The molecule has 2 bridgehead atoms. The SMILES string of the molecule is CCNC(C(C)CC)C1C2C3CCC(C3)C21. The molecular formula is C15H27N. The second-order valence-corrected chi connectivity index (χ2v) is 6.53. The maximum absolute atomic E-state index is 3.79. The molecule has 0 spiro atoms. The van der Waals surface area contributed by atoms with Gasteiger partial charge in [-0.2, -0.15) is 0 Å². The third kappa shape index (κ3) is 1.47. The Kier molecular flexibility index (Phi) is 2.78. The van der Waals surface area contributed by atoms with E-state index in [1.165, 1.54) is 6.42 Å². The maximum Gasteiger partial charge on any atom is 0.0126 e. The Balaban J connectivity index is 1.68. The monoisotopic (exact) mass is 221 g/mol. The minimum atomic E-state index is 0.827. The highest BCUT2D eigenvalue weighted by atomic mass is 15.0. The van der Waals surface area contributed by atoms with E-state index in [-0.39, 0.29) is 0 Å². The van der Waals surface area contributed by atoms with Crippen molar-refractivity contribution in [1.29, 1.82) is 0 Å². The normalized spacial score (nSPS) is 47.8. The van der Waals surface area contributed by atoms with Crippen molar-refractivity contribution in [3.8, 4) is 0 Å². The Morgan fingerprint density at radius 2 is 1.75 bits per heavy atom. The van der Waals surface area contributed by atoms with E-state index in [4.69, 9.17) is 0 Å². The summed E-state index contributed by atoms with van der Waals surface area (Å²) in [5, 5.41) is 3.79. The molecule has 3 saturated carbocycles. The Hall–Kier alpha value is -0.0400. The fourth-order valence-electron chi connectivity index (χ4n) is 5.08. The van der Waals surface area contributed by atoms with Crippen molar-refractivity contribution in [3.05, 3.63) is 0 Å². The highest BCUT2D eigenvalue weighted by Crippen LogP contribution is 2.70. The van der Waals surface area contributed by atoms with Gasteiger partial charge < -0.3 is 5.32 Å². The molecule has 6 atom stereocenters. The molecule has 0 saturated heterocycles. The molecule has 16 heavy (non-hydrogen) atoms. The van der Waals surface area contributed by atoms with Crippen LogP contribution in [0.15, 0.2) is 0 Å². The molecule has 1 N–H and O–H groups in total. The van der Waals surface area contributed by atoms with Crippen molar-refractivity contribution in [2.24, 2.45) is 35.5 Å². The van der Waals surface area contributed by atoms with Gasteiger partial charge in [0, 0.05) is 6.04 Å². The highest BCUT2D eigenvalue weighted by Gasteiger charge is 2.66. The molecule has 1 heteroatoms. The first-order valence-corrected chi connectivity index (χ1v) is 7.51. The number of hydrogen-bond donors (Lipinski definition) is 1. The summed E-state index contributed by atoms with van der Waals surface area (Å²) >= 11 is 0. The van der Waals surface area contributed by atoms with Crippen LogP contribution in [0.5, 0.6) is 0 Å². The van der Waals surface area contributed by atoms with Crippen molar-refractivity contribution in [2.45, 2.75) is 52.5 Å². The van der Waals surface area contributed by atoms with Gasteiger partial charge in [0.15, 0.2) is 0 Å². The van der Waals surface area contributed by atoms with Crippen LogP contribution in [0.25, 0.3) is 0 Å². The molecule has 3 rings (SSSR count). The standard InChI is InChI=1S/C15H27N/c1-4-9(3)15(16-5-2)14-12-10-6-7-11(8-10)13(12)14/h9-16H,4-8H2,1-3H3. The van der Waals surface area contributed by atoms with Gasteiger partial charge in [0.2, 0.25) is 0 Å². The first-order valence-electron chi connectivity index (χ1n) is 7.51. The molecule has 92 valence electrons. The lowest BCUT2D eigenvalue weighted by atomic mass is 9.88. The van der Waals surface area contributed by atoms with E-state index in [1.807, 2.05) is 0 Å². The average molecular weight is 221 g/mol. The smallest absolute Gasteiger partial charge is 0.0126 e. The Morgan fingerprint density at radius 3 is 2.25 bits per heavy atom. The summed E-state index contributed by atoms with van der Waals surface area (Å²) in [4.78, 5) is 0. The molecule has 0 amide bonds. The molecule has 0 radical (unpaired) electrons. The number of fused-ring (bicyclic) bond motifs is 5. The van der Waals surface area contributed by atoms with Crippen molar-refractivity contribution in [3.63, 3.8) is 0 Å². The first kappa shape index (κ1) is 11.1. The minimum absolute atomic E-state index is 0.827. The maximum atomic E-state index is 3.79. The summed E-state index contributed by atoms with van der Waals surface area (Å²) in [6.45, 7) is 8.22. The van der Waals surface area contributed by atoms with Crippen molar-refractivity contribution < 1.29 is 0 Å². The number of rotatable bonds is 5. The topological polar surface area (TPSA) is 12.0 Å². The molecule has 1 nitrogen and oxygen atoms in total. The molecule has 0 aromatic carbocycles. The largest absolute Gasteiger partial charge is 0.314 e. The van der Waals surface area contributed by atoms with E-state index in [9.17, 15) is 0 Å². The van der Waals surface area contributed by atoms with Gasteiger partial charge in [0.05, 0.1) is 0 Å². The van der Waals surface area contributed by atoms with Gasteiger partial charge in [-0.05, 0) is 61.3 Å². The zero-order valence-corrected chi connectivity index (χ0v) is 11.1. The van der Waals surface area contributed by atoms with Crippen LogP contribution in [0.3, 0.4) is 0 Å². The van der Waals surface area contributed by atoms with Crippen LogP contribution < -0.4 is 5.32 Å². The second kappa shape index (κ2) is 4.01. The lowest BCUT2D eigenvalue weighted by Gasteiger charge is -2.26.